The van der Waals surface area contributed by atoms with Gasteiger partial charge in [0, 0.05) is 6.42 Å². The lowest BCUT2D eigenvalue weighted by Gasteiger charge is -2.14. The first-order chi connectivity index (χ1) is 11.7. The Labute approximate surface area is 143 Å². The molecule has 24 heavy (non-hydrogen) atoms. The minimum absolute atomic E-state index is 0.309. The van der Waals surface area contributed by atoms with E-state index in [1.165, 1.54) is 11.3 Å². The van der Waals surface area contributed by atoms with Gasteiger partial charge in [-0.1, -0.05) is 53.7 Å². The van der Waals surface area contributed by atoms with Crippen LogP contribution in [-0.4, -0.2) is 26.2 Å². The summed E-state index contributed by atoms with van der Waals surface area (Å²) in [7, 11) is 0. The summed E-state index contributed by atoms with van der Waals surface area (Å²) in [6.07, 6.45) is 1.62. The SMILES string of the molecule is CCCc1nc(C(NC(=O)c2nnc(C)s2)c2ccccc2)no1. The van der Waals surface area contributed by atoms with E-state index in [1.807, 2.05) is 37.3 Å². The molecule has 2 heterocycles. The van der Waals surface area contributed by atoms with Crippen molar-refractivity contribution < 1.29 is 9.32 Å². The highest BCUT2D eigenvalue weighted by atomic mass is 32.1. The van der Waals surface area contributed by atoms with Crippen molar-refractivity contribution in [3.05, 3.63) is 57.6 Å². The number of benzene rings is 1. The highest BCUT2D eigenvalue weighted by Crippen LogP contribution is 2.21. The maximum atomic E-state index is 12.5. The van der Waals surface area contributed by atoms with E-state index < -0.39 is 6.04 Å². The molecule has 0 fully saturated rings. The standard InChI is InChI=1S/C16H17N5O2S/c1-3-7-12-17-14(21-23-12)13(11-8-5-4-6-9-11)18-15(22)16-20-19-10(2)24-16/h4-6,8-9,13H,3,7H2,1-2H3,(H,18,22). The molecule has 0 aliphatic carbocycles. The number of amides is 1. The van der Waals surface area contributed by atoms with Gasteiger partial charge in [0.1, 0.15) is 11.0 Å². The molecule has 124 valence electrons. The summed E-state index contributed by atoms with van der Waals surface area (Å²) in [5, 5.41) is 15.8. The number of carbonyl (C=O) groups excluding carboxylic acids is 1. The number of nitrogens with zero attached hydrogens (tertiary/aromatic N) is 4. The molecule has 0 bridgehead atoms. The lowest BCUT2D eigenvalue weighted by atomic mass is 10.1. The fourth-order valence-corrected chi connectivity index (χ4v) is 2.82. The summed E-state index contributed by atoms with van der Waals surface area (Å²) < 4.78 is 5.26. The van der Waals surface area contributed by atoms with E-state index in [9.17, 15) is 4.79 Å². The zero-order chi connectivity index (χ0) is 16.9. The second-order valence-corrected chi connectivity index (χ2v) is 6.42. The predicted octanol–water partition coefficient (Wildman–Crippen LogP) is 2.70. The van der Waals surface area contributed by atoms with Crippen LogP contribution in [0.4, 0.5) is 0 Å². The van der Waals surface area contributed by atoms with Crippen molar-refractivity contribution in [2.75, 3.05) is 0 Å². The molecule has 0 spiro atoms. The molecule has 0 aliphatic rings. The van der Waals surface area contributed by atoms with Gasteiger partial charge in [-0.15, -0.1) is 10.2 Å². The molecule has 1 unspecified atom stereocenters. The van der Waals surface area contributed by atoms with E-state index in [-0.39, 0.29) is 5.91 Å². The van der Waals surface area contributed by atoms with Gasteiger partial charge in [-0.25, -0.2) is 0 Å². The van der Waals surface area contributed by atoms with Gasteiger partial charge in [-0.2, -0.15) is 4.98 Å². The van der Waals surface area contributed by atoms with Crippen LogP contribution in [0.15, 0.2) is 34.9 Å². The molecule has 8 heteroatoms. The number of hydrogen-bond donors (Lipinski definition) is 1. The smallest absolute Gasteiger partial charge is 0.283 e. The highest BCUT2D eigenvalue weighted by molar-refractivity contribution is 7.13. The number of aromatic nitrogens is 4. The van der Waals surface area contributed by atoms with Crippen LogP contribution in [0.1, 0.15) is 51.5 Å². The van der Waals surface area contributed by atoms with Crippen molar-refractivity contribution in [3.8, 4) is 0 Å². The maximum absolute atomic E-state index is 12.5. The van der Waals surface area contributed by atoms with Gasteiger partial charge < -0.3 is 9.84 Å². The van der Waals surface area contributed by atoms with E-state index in [2.05, 4.69) is 25.7 Å². The first-order valence-corrected chi connectivity index (χ1v) is 8.47. The van der Waals surface area contributed by atoms with Crippen LogP contribution < -0.4 is 5.32 Å². The molecular formula is C16H17N5O2S. The molecule has 1 N–H and O–H groups in total. The summed E-state index contributed by atoms with van der Waals surface area (Å²) in [5.74, 6) is 0.685. The van der Waals surface area contributed by atoms with Crippen LogP contribution in [0.3, 0.4) is 0 Å². The number of hydrogen-bond acceptors (Lipinski definition) is 7. The Kier molecular flexibility index (Phi) is 4.95. The van der Waals surface area contributed by atoms with E-state index >= 15 is 0 Å². The average molecular weight is 343 g/mol. The zero-order valence-electron chi connectivity index (χ0n) is 13.4. The number of aryl methyl sites for hydroxylation is 2. The van der Waals surface area contributed by atoms with Gasteiger partial charge in [-0.05, 0) is 18.9 Å². The van der Waals surface area contributed by atoms with Crippen molar-refractivity contribution >= 4 is 17.2 Å². The lowest BCUT2D eigenvalue weighted by molar-refractivity contribution is 0.0940. The summed E-state index contributed by atoms with van der Waals surface area (Å²) >= 11 is 1.24. The highest BCUT2D eigenvalue weighted by Gasteiger charge is 2.24. The third-order valence-corrected chi connectivity index (χ3v) is 4.17. The van der Waals surface area contributed by atoms with Crippen LogP contribution in [0.2, 0.25) is 0 Å². The number of nitrogens with one attached hydrogen (secondary N) is 1. The Hall–Kier alpha value is -2.61. The van der Waals surface area contributed by atoms with Gasteiger partial charge in [0.2, 0.25) is 10.9 Å². The lowest BCUT2D eigenvalue weighted by Crippen LogP contribution is -2.30. The van der Waals surface area contributed by atoms with Crippen LogP contribution >= 0.6 is 11.3 Å². The fraction of sp³-hybridized carbons (Fsp3) is 0.312. The van der Waals surface area contributed by atoms with Crippen molar-refractivity contribution in [1.29, 1.82) is 0 Å². The molecule has 1 aromatic carbocycles. The molecule has 1 amide bonds. The minimum atomic E-state index is -0.503. The topological polar surface area (TPSA) is 93.8 Å². The normalized spacial score (nSPS) is 12.1. The minimum Gasteiger partial charge on any atom is -0.339 e. The van der Waals surface area contributed by atoms with Crippen LogP contribution in [0, 0.1) is 6.92 Å². The molecular weight excluding hydrogens is 326 g/mol. The largest absolute Gasteiger partial charge is 0.339 e. The van der Waals surface area contributed by atoms with Gasteiger partial charge in [0.25, 0.3) is 5.91 Å². The summed E-state index contributed by atoms with van der Waals surface area (Å²) in [6, 6.07) is 9.03. The molecule has 0 aliphatic heterocycles. The zero-order valence-corrected chi connectivity index (χ0v) is 14.2. The first kappa shape index (κ1) is 16.3. The van der Waals surface area contributed by atoms with Gasteiger partial charge >= 0.3 is 0 Å². The Balaban J connectivity index is 1.88. The molecule has 1 atom stereocenters. The van der Waals surface area contributed by atoms with E-state index in [0.717, 1.165) is 17.0 Å². The van der Waals surface area contributed by atoms with Gasteiger partial charge in [0.15, 0.2) is 5.82 Å². The number of carbonyl (C=O) groups is 1. The van der Waals surface area contributed by atoms with Gasteiger partial charge in [-0.3, -0.25) is 4.79 Å². The molecule has 0 saturated carbocycles. The van der Waals surface area contributed by atoms with Gasteiger partial charge in [0.05, 0.1) is 0 Å². The molecule has 7 nitrogen and oxygen atoms in total. The van der Waals surface area contributed by atoms with Crippen molar-refractivity contribution in [1.82, 2.24) is 25.7 Å². The Morgan fingerprint density at radius 2 is 2.08 bits per heavy atom. The molecule has 0 radical (unpaired) electrons. The molecule has 3 aromatic rings. The van der Waals surface area contributed by atoms with E-state index in [0.29, 0.717) is 23.1 Å². The monoisotopic (exact) mass is 343 g/mol. The third kappa shape index (κ3) is 3.65. The van der Waals surface area contributed by atoms with E-state index in [4.69, 9.17) is 4.52 Å². The van der Waals surface area contributed by atoms with Crippen molar-refractivity contribution in [2.45, 2.75) is 32.7 Å². The Morgan fingerprint density at radius 1 is 1.29 bits per heavy atom. The Morgan fingerprint density at radius 3 is 2.75 bits per heavy atom. The molecule has 2 aromatic heterocycles. The summed E-state index contributed by atoms with van der Waals surface area (Å²) in [6.45, 7) is 3.84. The van der Waals surface area contributed by atoms with Crippen LogP contribution in [0.5, 0.6) is 0 Å². The maximum Gasteiger partial charge on any atom is 0.283 e. The van der Waals surface area contributed by atoms with Crippen LogP contribution in [0.25, 0.3) is 0 Å². The van der Waals surface area contributed by atoms with Crippen molar-refractivity contribution in [2.24, 2.45) is 0 Å². The Bertz CT molecular complexity index is 815. The summed E-state index contributed by atoms with van der Waals surface area (Å²) in [4.78, 5) is 16.9. The van der Waals surface area contributed by atoms with Crippen LogP contribution in [-0.2, 0) is 6.42 Å². The third-order valence-electron chi connectivity index (χ3n) is 3.33. The first-order valence-electron chi connectivity index (χ1n) is 7.65. The quantitative estimate of drug-likeness (QED) is 0.739. The predicted molar refractivity (Wildman–Crippen MR) is 88.7 cm³/mol. The molecule has 3 rings (SSSR count). The molecule has 0 saturated heterocycles. The number of rotatable bonds is 6. The average Bonchev–Trinajstić information content (AvgIpc) is 3.23. The summed E-state index contributed by atoms with van der Waals surface area (Å²) in [5.41, 5.74) is 0.871. The van der Waals surface area contributed by atoms with Crippen molar-refractivity contribution in [3.63, 3.8) is 0 Å². The van der Waals surface area contributed by atoms with E-state index in [1.54, 1.807) is 6.92 Å². The second-order valence-electron chi connectivity index (χ2n) is 5.24. The second kappa shape index (κ2) is 7.31. The fourth-order valence-electron chi connectivity index (χ4n) is 2.22.